The van der Waals surface area contributed by atoms with Gasteiger partial charge < -0.3 is 10.2 Å². The summed E-state index contributed by atoms with van der Waals surface area (Å²) in [7, 11) is 0. The Morgan fingerprint density at radius 1 is 1.05 bits per heavy atom. The predicted molar refractivity (Wildman–Crippen MR) is 91.5 cm³/mol. The summed E-state index contributed by atoms with van der Waals surface area (Å²) in [6, 6.07) is 0. The first-order valence-electron chi connectivity index (χ1n) is 9.07. The Morgan fingerprint density at radius 3 is 2.55 bits per heavy atom. The van der Waals surface area contributed by atoms with Crippen LogP contribution in [0.4, 0.5) is 0 Å². The minimum atomic E-state index is -0.661. The lowest BCUT2D eigenvalue weighted by atomic mass is 9.46. The lowest BCUT2D eigenvalue weighted by Crippen LogP contribution is -2.54. The number of aliphatic hydroxyl groups excluding tert-OH is 1. The van der Waals surface area contributed by atoms with Gasteiger partial charge in [-0.25, -0.2) is 0 Å². The molecule has 0 radical (unpaired) electrons. The molecule has 0 saturated heterocycles. The van der Waals surface area contributed by atoms with Gasteiger partial charge in [-0.1, -0.05) is 41.9 Å². The second-order valence-electron chi connectivity index (χ2n) is 8.93. The third-order valence-corrected chi connectivity index (χ3v) is 9.52. The first-order chi connectivity index (χ1) is 10.3. The van der Waals surface area contributed by atoms with Gasteiger partial charge in [0.2, 0.25) is 0 Å². The second kappa shape index (κ2) is 4.83. The largest absolute Gasteiger partial charge is 0.389 e. The molecule has 4 aliphatic carbocycles. The van der Waals surface area contributed by atoms with Crippen LogP contribution in [0.25, 0.3) is 0 Å². The maximum absolute atomic E-state index is 10.8. The van der Waals surface area contributed by atoms with E-state index in [0.717, 1.165) is 37.5 Å². The summed E-state index contributed by atoms with van der Waals surface area (Å²) in [4.78, 5) is 0. The van der Waals surface area contributed by atoms with Gasteiger partial charge in [0.15, 0.2) is 0 Å². The molecule has 3 unspecified atom stereocenters. The van der Waals surface area contributed by atoms with Gasteiger partial charge in [-0.3, -0.25) is 0 Å². The van der Waals surface area contributed by atoms with Crippen LogP contribution in [0.1, 0.15) is 58.8 Å². The van der Waals surface area contributed by atoms with Crippen molar-refractivity contribution < 1.29 is 10.2 Å². The molecule has 4 aliphatic rings. The highest BCUT2D eigenvalue weighted by molar-refractivity contribution is 9.10. The van der Waals surface area contributed by atoms with Gasteiger partial charge >= 0.3 is 0 Å². The lowest BCUT2D eigenvalue weighted by Gasteiger charge is -2.59. The summed E-state index contributed by atoms with van der Waals surface area (Å²) in [5, 5.41) is 20.8. The third-order valence-electron chi connectivity index (χ3n) is 8.22. The SMILES string of the molecule is C[C@]12C=CC(O)CC1CC[C@@H]1[C@H]2CC[C@@]2(C)[C@H]1CCC2(O)Br. The minimum Gasteiger partial charge on any atom is -0.389 e. The highest BCUT2D eigenvalue weighted by Gasteiger charge is 2.63. The van der Waals surface area contributed by atoms with Crippen molar-refractivity contribution in [3.63, 3.8) is 0 Å². The number of hydrogen-bond donors (Lipinski definition) is 2. The number of rotatable bonds is 0. The van der Waals surface area contributed by atoms with Crippen molar-refractivity contribution in [1.29, 1.82) is 0 Å². The van der Waals surface area contributed by atoms with Crippen LogP contribution in [0.15, 0.2) is 12.2 Å². The van der Waals surface area contributed by atoms with Crippen molar-refractivity contribution in [3.05, 3.63) is 12.2 Å². The van der Waals surface area contributed by atoms with Crippen LogP contribution < -0.4 is 0 Å². The number of fused-ring (bicyclic) bond motifs is 5. The van der Waals surface area contributed by atoms with Gasteiger partial charge in [0.25, 0.3) is 0 Å². The van der Waals surface area contributed by atoms with Gasteiger partial charge in [0.1, 0.15) is 4.51 Å². The van der Waals surface area contributed by atoms with Crippen molar-refractivity contribution in [2.24, 2.45) is 34.5 Å². The van der Waals surface area contributed by atoms with Crippen molar-refractivity contribution in [3.8, 4) is 0 Å². The average Bonchev–Trinajstić information content (AvgIpc) is 2.70. The molecule has 0 aromatic rings. The molecule has 2 nitrogen and oxygen atoms in total. The molecule has 0 spiro atoms. The fraction of sp³-hybridized carbons (Fsp3) is 0.895. The van der Waals surface area contributed by atoms with Crippen LogP contribution in [0.2, 0.25) is 0 Å². The first kappa shape index (κ1) is 15.7. The van der Waals surface area contributed by atoms with E-state index in [1.165, 1.54) is 19.3 Å². The predicted octanol–water partition coefficient (Wildman–Crippen LogP) is 4.25. The molecule has 0 aromatic carbocycles. The number of allylic oxidation sites excluding steroid dienone is 1. The Labute approximate surface area is 142 Å². The van der Waals surface area contributed by atoms with Crippen LogP contribution in [-0.2, 0) is 0 Å². The zero-order valence-corrected chi connectivity index (χ0v) is 15.3. The van der Waals surface area contributed by atoms with Gasteiger partial charge in [-0.15, -0.1) is 0 Å². The normalized spacial score (nSPS) is 60.5. The van der Waals surface area contributed by atoms with Crippen molar-refractivity contribution in [2.75, 3.05) is 0 Å². The van der Waals surface area contributed by atoms with Crippen molar-refractivity contribution in [1.82, 2.24) is 0 Å². The highest BCUT2D eigenvalue weighted by atomic mass is 79.9. The fourth-order valence-electron chi connectivity index (χ4n) is 6.75. The Kier molecular flexibility index (Phi) is 3.44. The highest BCUT2D eigenvalue weighted by Crippen LogP contribution is 2.68. The molecular weight excluding hydrogens is 340 g/mol. The van der Waals surface area contributed by atoms with Gasteiger partial charge in [-0.05, 0) is 74.0 Å². The van der Waals surface area contributed by atoms with Crippen LogP contribution in [-0.4, -0.2) is 20.8 Å². The van der Waals surface area contributed by atoms with Gasteiger partial charge in [0.05, 0.1) is 6.10 Å². The minimum absolute atomic E-state index is 0.0370. The molecule has 0 aliphatic heterocycles. The molecule has 3 heteroatoms. The van der Waals surface area contributed by atoms with Crippen molar-refractivity contribution >= 4 is 15.9 Å². The maximum Gasteiger partial charge on any atom is 0.125 e. The fourth-order valence-corrected chi connectivity index (χ4v) is 7.47. The number of halogens is 1. The van der Waals surface area contributed by atoms with E-state index in [2.05, 4.69) is 35.9 Å². The molecule has 3 saturated carbocycles. The standard InChI is InChI=1S/C19H29BrO2/c1-17-8-5-13(21)11-12(17)3-4-14-15(17)6-9-18(2)16(14)7-10-19(18,20)22/h5,8,12-16,21-22H,3-4,6-7,9-11H2,1-2H3/t12?,13?,14-,15-,16+,17+,18+,19?/m1/s1. The van der Waals surface area contributed by atoms with E-state index >= 15 is 0 Å². The quantitative estimate of drug-likeness (QED) is 0.495. The number of aliphatic hydroxyl groups is 2. The van der Waals surface area contributed by atoms with Crippen LogP contribution in [0.5, 0.6) is 0 Å². The molecule has 3 fully saturated rings. The Hall–Kier alpha value is 0.140. The third kappa shape index (κ3) is 1.91. The molecule has 0 heterocycles. The summed E-state index contributed by atoms with van der Waals surface area (Å²) < 4.78 is -0.661. The van der Waals surface area contributed by atoms with E-state index in [-0.39, 0.29) is 16.9 Å². The molecule has 0 aromatic heterocycles. The molecule has 4 rings (SSSR count). The van der Waals surface area contributed by atoms with E-state index in [4.69, 9.17) is 0 Å². The Bertz CT molecular complexity index is 502. The monoisotopic (exact) mass is 368 g/mol. The molecule has 0 bridgehead atoms. The van der Waals surface area contributed by atoms with E-state index in [1.807, 2.05) is 6.08 Å². The first-order valence-corrected chi connectivity index (χ1v) is 9.86. The zero-order chi connectivity index (χ0) is 15.8. The molecule has 2 N–H and O–H groups in total. The van der Waals surface area contributed by atoms with E-state index in [9.17, 15) is 10.2 Å². The van der Waals surface area contributed by atoms with Crippen LogP contribution in [0, 0.1) is 34.5 Å². The van der Waals surface area contributed by atoms with Gasteiger partial charge in [-0.2, -0.15) is 0 Å². The topological polar surface area (TPSA) is 40.5 Å². The van der Waals surface area contributed by atoms with E-state index in [0.29, 0.717) is 11.8 Å². The van der Waals surface area contributed by atoms with E-state index in [1.54, 1.807) is 0 Å². The van der Waals surface area contributed by atoms with Crippen molar-refractivity contribution in [2.45, 2.75) is 69.4 Å². The summed E-state index contributed by atoms with van der Waals surface area (Å²) in [6.45, 7) is 4.75. The molecule has 8 atom stereocenters. The Morgan fingerprint density at radius 2 is 1.77 bits per heavy atom. The van der Waals surface area contributed by atoms with E-state index < -0.39 is 4.51 Å². The smallest absolute Gasteiger partial charge is 0.125 e. The summed E-state index contributed by atoms with van der Waals surface area (Å²) in [6.07, 6.45) is 12.0. The van der Waals surface area contributed by atoms with Crippen LogP contribution in [0.3, 0.4) is 0 Å². The summed E-state index contributed by atoms with van der Waals surface area (Å²) in [5.74, 6) is 2.76. The number of hydrogen-bond acceptors (Lipinski definition) is 2. The van der Waals surface area contributed by atoms with Gasteiger partial charge in [0, 0.05) is 5.41 Å². The second-order valence-corrected chi connectivity index (χ2v) is 10.2. The molecule has 0 amide bonds. The molecule has 124 valence electrons. The van der Waals surface area contributed by atoms with Crippen LogP contribution >= 0.6 is 15.9 Å². The molecule has 22 heavy (non-hydrogen) atoms. The average molecular weight is 369 g/mol. The summed E-state index contributed by atoms with van der Waals surface area (Å²) in [5.41, 5.74) is 0.297. The maximum atomic E-state index is 10.8. The lowest BCUT2D eigenvalue weighted by molar-refractivity contribution is -0.106. The zero-order valence-electron chi connectivity index (χ0n) is 13.8. The molecular formula is C19H29BrO2. The number of alkyl halides is 1. The summed E-state index contributed by atoms with van der Waals surface area (Å²) >= 11 is 3.66. The Balaban J connectivity index is 1.68.